The van der Waals surface area contributed by atoms with Crippen molar-refractivity contribution in [1.82, 2.24) is 5.43 Å². The van der Waals surface area contributed by atoms with Crippen molar-refractivity contribution in [2.45, 2.75) is 13.3 Å². The van der Waals surface area contributed by atoms with Crippen LogP contribution in [0.3, 0.4) is 0 Å². The van der Waals surface area contributed by atoms with Crippen molar-refractivity contribution in [2.75, 3.05) is 0 Å². The summed E-state index contributed by atoms with van der Waals surface area (Å²) < 4.78 is 13.9. The smallest absolute Gasteiger partial charge is 0.272 e. The number of halogens is 2. The Morgan fingerprint density at radius 3 is 2.68 bits per heavy atom. The van der Waals surface area contributed by atoms with Crippen molar-refractivity contribution in [1.29, 1.82) is 0 Å². The van der Waals surface area contributed by atoms with Gasteiger partial charge in [-0.25, -0.2) is 9.82 Å². The molecule has 0 radical (unpaired) electrons. The van der Waals surface area contributed by atoms with Crippen LogP contribution >= 0.6 is 15.9 Å². The van der Waals surface area contributed by atoms with E-state index >= 15 is 0 Å². The van der Waals surface area contributed by atoms with Crippen LogP contribution in [0.15, 0.2) is 52.0 Å². The summed E-state index contributed by atoms with van der Waals surface area (Å²) in [5, 5.41) is 13.8. The number of carbonyl (C=O) groups is 1. The number of phenols is 1. The zero-order valence-electron chi connectivity index (χ0n) is 11.8. The Kier molecular flexibility index (Phi) is 5.27. The highest BCUT2D eigenvalue weighted by atomic mass is 79.9. The SMILES string of the molecule is CC/C(=N\NC(=O)c1ccccc1Br)c1cc(F)ccc1O. The second-order valence-corrected chi connectivity index (χ2v) is 5.35. The Balaban J connectivity index is 2.25. The summed E-state index contributed by atoms with van der Waals surface area (Å²) in [4.78, 5) is 12.1. The summed E-state index contributed by atoms with van der Waals surface area (Å²) >= 11 is 3.29. The molecule has 1 amide bonds. The number of phenolic OH excluding ortho intramolecular Hbond substituents is 1. The first-order chi connectivity index (χ1) is 10.5. The van der Waals surface area contributed by atoms with E-state index in [1.54, 1.807) is 31.2 Å². The van der Waals surface area contributed by atoms with Gasteiger partial charge in [0.15, 0.2) is 0 Å². The number of carbonyl (C=O) groups excluding carboxylic acids is 1. The van der Waals surface area contributed by atoms with Gasteiger partial charge in [0.05, 0.1) is 11.3 Å². The number of nitrogens with zero attached hydrogens (tertiary/aromatic N) is 1. The average molecular weight is 365 g/mol. The van der Waals surface area contributed by atoms with E-state index in [2.05, 4.69) is 26.5 Å². The van der Waals surface area contributed by atoms with Crippen LogP contribution in [-0.4, -0.2) is 16.7 Å². The van der Waals surface area contributed by atoms with Gasteiger partial charge in [-0.2, -0.15) is 5.10 Å². The molecule has 22 heavy (non-hydrogen) atoms. The lowest BCUT2D eigenvalue weighted by atomic mass is 10.1. The highest BCUT2D eigenvalue weighted by Gasteiger charge is 2.12. The van der Waals surface area contributed by atoms with Crippen LogP contribution in [0, 0.1) is 5.82 Å². The molecule has 0 unspecified atom stereocenters. The number of hydrazone groups is 1. The van der Waals surface area contributed by atoms with E-state index in [4.69, 9.17) is 0 Å². The predicted octanol–water partition coefficient (Wildman–Crippen LogP) is 3.84. The van der Waals surface area contributed by atoms with Gasteiger partial charge in [0.25, 0.3) is 5.91 Å². The second kappa shape index (κ2) is 7.17. The van der Waals surface area contributed by atoms with Crippen LogP contribution in [0.4, 0.5) is 4.39 Å². The van der Waals surface area contributed by atoms with E-state index in [1.165, 1.54) is 12.1 Å². The Morgan fingerprint density at radius 2 is 2.00 bits per heavy atom. The third-order valence-electron chi connectivity index (χ3n) is 3.02. The summed E-state index contributed by atoms with van der Waals surface area (Å²) in [6.07, 6.45) is 0.424. The van der Waals surface area contributed by atoms with Crippen molar-refractivity contribution in [3.8, 4) is 5.75 Å². The van der Waals surface area contributed by atoms with Gasteiger partial charge in [0, 0.05) is 10.0 Å². The maximum Gasteiger partial charge on any atom is 0.272 e. The number of hydrogen-bond donors (Lipinski definition) is 2. The first-order valence-electron chi connectivity index (χ1n) is 6.63. The quantitative estimate of drug-likeness (QED) is 0.639. The fraction of sp³-hybridized carbons (Fsp3) is 0.125. The summed E-state index contributed by atoms with van der Waals surface area (Å²) in [7, 11) is 0. The van der Waals surface area contributed by atoms with E-state index in [0.717, 1.165) is 6.07 Å². The monoisotopic (exact) mass is 364 g/mol. The van der Waals surface area contributed by atoms with E-state index < -0.39 is 11.7 Å². The molecule has 0 fully saturated rings. The van der Waals surface area contributed by atoms with E-state index in [9.17, 15) is 14.3 Å². The third-order valence-corrected chi connectivity index (χ3v) is 3.71. The first-order valence-corrected chi connectivity index (χ1v) is 7.42. The first kappa shape index (κ1) is 16.2. The van der Waals surface area contributed by atoms with Crippen LogP contribution < -0.4 is 5.43 Å². The zero-order valence-corrected chi connectivity index (χ0v) is 13.4. The highest BCUT2D eigenvalue weighted by molar-refractivity contribution is 9.10. The molecule has 0 aliphatic heterocycles. The molecule has 0 aromatic heterocycles. The van der Waals surface area contributed by atoms with Crippen LogP contribution in [-0.2, 0) is 0 Å². The lowest BCUT2D eigenvalue weighted by Crippen LogP contribution is -2.20. The predicted molar refractivity (Wildman–Crippen MR) is 86.5 cm³/mol. The van der Waals surface area contributed by atoms with Crippen molar-refractivity contribution in [3.63, 3.8) is 0 Å². The van der Waals surface area contributed by atoms with Gasteiger partial charge in [-0.1, -0.05) is 19.1 Å². The molecular weight excluding hydrogens is 351 g/mol. The Hall–Kier alpha value is -2.21. The van der Waals surface area contributed by atoms with E-state index in [0.29, 0.717) is 22.2 Å². The van der Waals surface area contributed by atoms with Crippen molar-refractivity contribution >= 4 is 27.5 Å². The Morgan fingerprint density at radius 1 is 1.27 bits per heavy atom. The lowest BCUT2D eigenvalue weighted by Gasteiger charge is -2.08. The van der Waals surface area contributed by atoms with E-state index in [1.807, 2.05) is 0 Å². The molecule has 0 aliphatic carbocycles. The number of aromatic hydroxyl groups is 1. The Labute approximate surface area is 135 Å². The van der Waals surface area contributed by atoms with E-state index in [-0.39, 0.29) is 11.3 Å². The van der Waals surface area contributed by atoms with Crippen molar-refractivity contribution in [2.24, 2.45) is 5.10 Å². The third kappa shape index (κ3) is 3.71. The summed E-state index contributed by atoms with van der Waals surface area (Å²) in [5.74, 6) is -0.961. The molecule has 4 nitrogen and oxygen atoms in total. The van der Waals surface area contributed by atoms with Crippen LogP contribution in [0.25, 0.3) is 0 Å². The van der Waals surface area contributed by atoms with Crippen LogP contribution in [0.1, 0.15) is 29.3 Å². The molecule has 2 N–H and O–H groups in total. The molecular formula is C16H14BrFN2O2. The maximum absolute atomic E-state index is 13.3. The standard InChI is InChI=1S/C16H14BrFN2O2/c1-2-14(12-9-10(18)7-8-15(12)21)19-20-16(22)11-5-3-4-6-13(11)17/h3-9,21H,2H2,1H3,(H,20,22)/b19-14+. The minimum absolute atomic E-state index is 0.0860. The van der Waals surface area contributed by atoms with Gasteiger partial charge < -0.3 is 5.11 Å². The number of benzene rings is 2. The van der Waals surface area contributed by atoms with Gasteiger partial charge >= 0.3 is 0 Å². The minimum Gasteiger partial charge on any atom is -0.507 e. The molecule has 0 atom stereocenters. The topological polar surface area (TPSA) is 61.7 Å². The fourth-order valence-corrected chi connectivity index (χ4v) is 2.36. The molecule has 0 saturated heterocycles. The molecule has 114 valence electrons. The number of rotatable bonds is 4. The molecule has 6 heteroatoms. The lowest BCUT2D eigenvalue weighted by molar-refractivity contribution is 0.0954. The Bertz CT molecular complexity index is 732. The number of nitrogens with one attached hydrogen (secondary N) is 1. The summed E-state index contributed by atoms with van der Waals surface area (Å²) in [6, 6.07) is 10.5. The van der Waals surface area contributed by atoms with Crippen LogP contribution in [0.2, 0.25) is 0 Å². The number of amides is 1. The minimum atomic E-state index is -0.480. The highest BCUT2D eigenvalue weighted by Crippen LogP contribution is 2.20. The van der Waals surface area contributed by atoms with Crippen molar-refractivity contribution < 1.29 is 14.3 Å². The van der Waals surface area contributed by atoms with Gasteiger partial charge in [-0.3, -0.25) is 4.79 Å². The summed E-state index contributed by atoms with van der Waals surface area (Å²) in [5.41, 5.74) is 3.50. The number of hydrogen-bond acceptors (Lipinski definition) is 3. The van der Waals surface area contributed by atoms with Crippen LogP contribution in [0.5, 0.6) is 5.75 Å². The molecule has 2 aromatic carbocycles. The largest absolute Gasteiger partial charge is 0.507 e. The zero-order chi connectivity index (χ0) is 16.1. The summed E-state index contributed by atoms with van der Waals surface area (Å²) in [6.45, 7) is 1.80. The molecule has 0 aliphatic rings. The second-order valence-electron chi connectivity index (χ2n) is 4.49. The fourth-order valence-electron chi connectivity index (χ4n) is 1.89. The van der Waals surface area contributed by atoms with Gasteiger partial charge in [0.2, 0.25) is 0 Å². The molecule has 0 heterocycles. The maximum atomic E-state index is 13.3. The molecule has 2 rings (SSSR count). The normalized spacial score (nSPS) is 11.3. The molecule has 0 saturated carbocycles. The van der Waals surface area contributed by atoms with Gasteiger partial charge in [-0.05, 0) is 52.7 Å². The molecule has 0 bridgehead atoms. The van der Waals surface area contributed by atoms with Gasteiger partial charge in [-0.15, -0.1) is 0 Å². The molecule has 0 spiro atoms. The average Bonchev–Trinajstić information content (AvgIpc) is 2.51. The molecule has 2 aromatic rings. The van der Waals surface area contributed by atoms with Crippen molar-refractivity contribution in [3.05, 3.63) is 63.9 Å². The van der Waals surface area contributed by atoms with Gasteiger partial charge in [0.1, 0.15) is 11.6 Å².